The number of hydrogen-bond acceptors (Lipinski definition) is 3. The number of halogens is 1. The third kappa shape index (κ3) is 15.5. The highest BCUT2D eigenvalue weighted by atomic mass is 127. The van der Waals surface area contributed by atoms with Gasteiger partial charge in [0.2, 0.25) is 11.6 Å². The van der Waals surface area contributed by atoms with Gasteiger partial charge >= 0.3 is 0 Å². The molecule has 0 bridgehead atoms. The molecule has 0 unspecified atom stereocenters. The predicted molar refractivity (Wildman–Crippen MR) is 157 cm³/mol. The van der Waals surface area contributed by atoms with Crippen molar-refractivity contribution in [2.24, 2.45) is 0 Å². The molecule has 0 aliphatic heterocycles. The molecule has 0 saturated carbocycles. The van der Waals surface area contributed by atoms with Crippen LogP contribution in [-0.4, -0.2) is 19.6 Å². The Morgan fingerprint density at radius 2 is 1.41 bits per heavy atom. The Labute approximate surface area is 255 Å². The van der Waals surface area contributed by atoms with Gasteiger partial charge in [0.25, 0.3) is 0 Å². The fourth-order valence-electron chi connectivity index (χ4n) is 4.84. The SMILES string of the molecule is CCCCCCCCCCCCCCCCOc1ccc(CC(=O)NCc2cccc[n+]2CC)cc1OC.[I-]. The number of aryl methyl sites for hydroxylation is 1. The molecule has 1 aromatic carbocycles. The zero-order chi connectivity index (χ0) is 27.3. The van der Waals surface area contributed by atoms with Crippen LogP contribution < -0.4 is 43.3 Å². The molecular formula is C33H53IN2O3. The number of ether oxygens (including phenoxy) is 2. The van der Waals surface area contributed by atoms with E-state index >= 15 is 0 Å². The van der Waals surface area contributed by atoms with Gasteiger partial charge in [-0.15, -0.1) is 0 Å². The lowest BCUT2D eigenvalue weighted by molar-refractivity contribution is -0.701. The maximum Gasteiger partial charge on any atom is 0.224 e. The summed E-state index contributed by atoms with van der Waals surface area (Å²) in [4.78, 5) is 12.5. The summed E-state index contributed by atoms with van der Waals surface area (Å²) in [7, 11) is 1.65. The van der Waals surface area contributed by atoms with Crippen LogP contribution in [0, 0.1) is 0 Å². The van der Waals surface area contributed by atoms with Gasteiger partial charge in [0.15, 0.2) is 17.7 Å². The summed E-state index contributed by atoms with van der Waals surface area (Å²) in [5.74, 6) is 1.43. The van der Waals surface area contributed by atoms with Gasteiger partial charge < -0.3 is 38.8 Å². The maximum absolute atomic E-state index is 12.5. The number of nitrogens with zero attached hydrogens (tertiary/aromatic N) is 1. The second kappa shape index (κ2) is 22.9. The molecule has 0 spiro atoms. The Morgan fingerprint density at radius 3 is 2.00 bits per heavy atom. The van der Waals surface area contributed by atoms with E-state index in [0.29, 0.717) is 25.3 Å². The summed E-state index contributed by atoms with van der Waals surface area (Å²) in [6.07, 6.45) is 21.2. The summed E-state index contributed by atoms with van der Waals surface area (Å²) >= 11 is 0. The van der Waals surface area contributed by atoms with Crippen molar-refractivity contribution in [2.75, 3.05) is 13.7 Å². The van der Waals surface area contributed by atoms with Crippen LogP contribution in [-0.2, 0) is 24.3 Å². The van der Waals surface area contributed by atoms with Crippen LogP contribution in [0.3, 0.4) is 0 Å². The highest BCUT2D eigenvalue weighted by Crippen LogP contribution is 2.28. The first-order chi connectivity index (χ1) is 18.7. The monoisotopic (exact) mass is 652 g/mol. The van der Waals surface area contributed by atoms with Crippen molar-refractivity contribution < 1.29 is 42.8 Å². The Bertz CT molecular complexity index is 906. The number of rotatable bonds is 22. The fourth-order valence-corrected chi connectivity index (χ4v) is 4.84. The molecule has 2 rings (SSSR count). The topological polar surface area (TPSA) is 51.4 Å². The summed E-state index contributed by atoms with van der Waals surface area (Å²) in [6.45, 7) is 6.47. The van der Waals surface area contributed by atoms with Crippen LogP contribution in [0.25, 0.3) is 0 Å². The van der Waals surface area contributed by atoms with E-state index in [2.05, 4.69) is 23.7 Å². The number of carbonyl (C=O) groups excluding carboxylic acids is 1. The van der Waals surface area contributed by atoms with Gasteiger partial charge in [0, 0.05) is 12.1 Å². The number of unbranched alkanes of at least 4 members (excludes halogenated alkanes) is 13. The molecule has 0 radical (unpaired) electrons. The van der Waals surface area contributed by atoms with Crippen LogP contribution >= 0.6 is 0 Å². The Hall–Kier alpha value is -1.83. The number of hydrogen-bond donors (Lipinski definition) is 1. The fraction of sp³-hybridized carbons (Fsp3) is 0.636. The predicted octanol–water partition coefficient (Wildman–Crippen LogP) is 4.73. The first-order valence-corrected chi connectivity index (χ1v) is 15.2. The van der Waals surface area contributed by atoms with Crippen LogP contribution in [0.2, 0.25) is 0 Å². The summed E-state index contributed by atoms with van der Waals surface area (Å²) < 4.78 is 13.7. The van der Waals surface area contributed by atoms with Crippen molar-refractivity contribution in [2.45, 2.75) is 123 Å². The summed E-state index contributed by atoms with van der Waals surface area (Å²) in [6, 6.07) is 11.8. The average Bonchev–Trinajstić information content (AvgIpc) is 2.94. The lowest BCUT2D eigenvalue weighted by Gasteiger charge is -2.12. The van der Waals surface area contributed by atoms with E-state index in [9.17, 15) is 4.79 Å². The van der Waals surface area contributed by atoms with Crippen molar-refractivity contribution in [1.82, 2.24) is 5.32 Å². The normalized spacial score (nSPS) is 10.6. The Balaban J connectivity index is 0.00000760. The highest BCUT2D eigenvalue weighted by Gasteiger charge is 2.12. The molecule has 2 aromatic rings. The van der Waals surface area contributed by atoms with Crippen molar-refractivity contribution >= 4 is 5.91 Å². The first kappa shape index (κ1) is 35.2. The molecule has 0 aliphatic rings. The molecule has 5 nitrogen and oxygen atoms in total. The molecule has 1 N–H and O–H groups in total. The lowest BCUT2D eigenvalue weighted by Crippen LogP contribution is -3.00. The van der Waals surface area contributed by atoms with E-state index in [0.717, 1.165) is 30.0 Å². The average molecular weight is 653 g/mol. The minimum atomic E-state index is -0.00497. The number of methoxy groups -OCH3 is 1. The zero-order valence-corrected chi connectivity index (χ0v) is 27.0. The minimum absolute atomic E-state index is 0. The molecule has 6 heteroatoms. The van der Waals surface area contributed by atoms with Crippen LogP contribution in [0.4, 0.5) is 0 Å². The molecule has 0 saturated heterocycles. The molecular weight excluding hydrogens is 599 g/mol. The van der Waals surface area contributed by atoms with Crippen LogP contribution in [0.15, 0.2) is 42.6 Å². The maximum atomic E-state index is 12.5. The van der Waals surface area contributed by atoms with E-state index in [1.165, 1.54) is 83.5 Å². The van der Waals surface area contributed by atoms with E-state index in [1.807, 2.05) is 42.6 Å². The van der Waals surface area contributed by atoms with Crippen LogP contribution in [0.1, 0.15) is 115 Å². The van der Waals surface area contributed by atoms with Gasteiger partial charge in [-0.2, -0.15) is 0 Å². The largest absolute Gasteiger partial charge is 1.00 e. The molecule has 1 amide bonds. The molecule has 39 heavy (non-hydrogen) atoms. The van der Waals surface area contributed by atoms with Gasteiger partial charge in [-0.25, -0.2) is 4.57 Å². The quantitative estimate of drug-likeness (QED) is 0.114. The second-order valence-corrected chi connectivity index (χ2v) is 10.4. The number of nitrogens with one attached hydrogen (secondary N) is 1. The molecule has 220 valence electrons. The van der Waals surface area contributed by atoms with Gasteiger partial charge in [-0.1, -0.05) is 103 Å². The third-order valence-electron chi connectivity index (χ3n) is 7.19. The van der Waals surface area contributed by atoms with Crippen molar-refractivity contribution in [3.8, 4) is 11.5 Å². The minimum Gasteiger partial charge on any atom is -1.00 e. The number of pyridine rings is 1. The van der Waals surface area contributed by atoms with Crippen molar-refractivity contribution in [3.05, 3.63) is 53.9 Å². The van der Waals surface area contributed by atoms with Gasteiger partial charge in [-0.05, 0) is 31.0 Å². The van der Waals surface area contributed by atoms with Crippen molar-refractivity contribution in [1.29, 1.82) is 0 Å². The Morgan fingerprint density at radius 1 is 0.795 bits per heavy atom. The number of carbonyl (C=O) groups is 1. The van der Waals surface area contributed by atoms with E-state index in [-0.39, 0.29) is 29.9 Å². The third-order valence-corrected chi connectivity index (χ3v) is 7.19. The first-order valence-electron chi connectivity index (χ1n) is 15.2. The molecule has 0 fully saturated rings. The van der Waals surface area contributed by atoms with Gasteiger partial charge in [0.05, 0.1) is 20.1 Å². The molecule has 1 heterocycles. The lowest BCUT2D eigenvalue weighted by atomic mass is 10.0. The number of benzene rings is 1. The molecule has 1 aromatic heterocycles. The highest BCUT2D eigenvalue weighted by molar-refractivity contribution is 5.78. The molecule has 0 atom stereocenters. The van der Waals surface area contributed by atoms with Gasteiger partial charge in [-0.3, -0.25) is 4.79 Å². The zero-order valence-electron chi connectivity index (χ0n) is 24.8. The Kier molecular flexibility index (Phi) is 20.7. The van der Waals surface area contributed by atoms with Gasteiger partial charge in [0.1, 0.15) is 13.1 Å². The number of aromatic nitrogens is 1. The van der Waals surface area contributed by atoms with Crippen LogP contribution in [0.5, 0.6) is 11.5 Å². The van der Waals surface area contributed by atoms with Crippen molar-refractivity contribution in [3.63, 3.8) is 0 Å². The second-order valence-electron chi connectivity index (χ2n) is 10.4. The standard InChI is InChI=1S/C33H52N2O3.HI/c1-4-6-7-8-9-10-11-12-13-14-15-16-17-20-25-38-31-23-22-29(26-32(31)37-3)27-33(36)34-28-30-21-18-19-24-35(30)5-2;/h18-19,21-24,26H,4-17,20,25,27-28H2,1-3H3;1H. The molecule has 0 aliphatic carbocycles. The summed E-state index contributed by atoms with van der Waals surface area (Å²) in [5.41, 5.74) is 2.01. The number of amides is 1. The smallest absolute Gasteiger partial charge is 0.224 e. The van der Waals surface area contributed by atoms with E-state index in [4.69, 9.17) is 9.47 Å². The van der Waals surface area contributed by atoms with E-state index in [1.54, 1.807) is 7.11 Å². The summed E-state index contributed by atoms with van der Waals surface area (Å²) in [5, 5.41) is 3.03. The van der Waals surface area contributed by atoms with E-state index < -0.39 is 0 Å².